The first kappa shape index (κ1) is 13.9. The van der Waals surface area contributed by atoms with Gasteiger partial charge in [0.2, 0.25) is 0 Å². The molecule has 2 aromatic rings. The van der Waals surface area contributed by atoms with Gasteiger partial charge in [0.25, 0.3) is 5.91 Å². The monoisotopic (exact) mass is 350 g/mol. The fourth-order valence-corrected chi connectivity index (χ4v) is 2.30. The lowest BCUT2D eigenvalue weighted by Gasteiger charge is -2.26. The van der Waals surface area contributed by atoms with Crippen molar-refractivity contribution >= 4 is 33.2 Å². The zero-order valence-corrected chi connectivity index (χ0v) is 12.5. The van der Waals surface area contributed by atoms with Crippen molar-refractivity contribution in [3.05, 3.63) is 52.8 Å². The summed E-state index contributed by atoms with van der Waals surface area (Å²) >= 11 is 3.07. The molecule has 1 aliphatic heterocycles. The summed E-state index contributed by atoms with van der Waals surface area (Å²) in [5.41, 5.74) is 1.25. The van der Waals surface area contributed by atoms with E-state index >= 15 is 0 Å². The lowest BCUT2D eigenvalue weighted by molar-refractivity contribution is -0.122. The van der Waals surface area contributed by atoms with Crippen LogP contribution in [0.3, 0.4) is 0 Å². The molecule has 1 atom stereocenters. The topological polar surface area (TPSA) is 50.4 Å². The predicted octanol–water partition coefficient (Wildman–Crippen LogP) is 3.40. The van der Waals surface area contributed by atoms with E-state index in [1.807, 2.05) is 18.2 Å². The molecule has 0 bridgehead atoms. The number of para-hydroxylation sites is 2. The summed E-state index contributed by atoms with van der Waals surface area (Å²) in [5.74, 6) is -0.120. The summed E-state index contributed by atoms with van der Waals surface area (Å²) in [4.78, 5) is 12.2. The van der Waals surface area contributed by atoms with Crippen LogP contribution in [-0.4, -0.2) is 18.6 Å². The Kier molecular flexibility index (Phi) is 3.79. The zero-order valence-electron chi connectivity index (χ0n) is 10.9. The van der Waals surface area contributed by atoms with Crippen LogP contribution in [0.25, 0.3) is 0 Å². The van der Waals surface area contributed by atoms with Gasteiger partial charge in [-0.1, -0.05) is 12.1 Å². The van der Waals surface area contributed by atoms with E-state index in [0.717, 1.165) is 5.69 Å². The molecule has 4 nitrogen and oxygen atoms in total. The Morgan fingerprint density at radius 3 is 2.95 bits per heavy atom. The smallest absolute Gasteiger partial charge is 0.267 e. The van der Waals surface area contributed by atoms with Crippen LogP contribution in [0.15, 0.2) is 46.9 Å². The summed E-state index contributed by atoms with van der Waals surface area (Å²) in [6.07, 6.45) is -0.661. The zero-order chi connectivity index (χ0) is 14.8. The van der Waals surface area contributed by atoms with Crippen LogP contribution in [-0.2, 0) is 4.79 Å². The van der Waals surface area contributed by atoms with Crippen molar-refractivity contribution in [1.82, 2.24) is 0 Å². The molecule has 0 aliphatic carbocycles. The second kappa shape index (κ2) is 5.73. The van der Waals surface area contributed by atoms with Gasteiger partial charge in [0.1, 0.15) is 11.6 Å². The van der Waals surface area contributed by atoms with Crippen molar-refractivity contribution < 1.29 is 13.9 Å². The molecule has 2 N–H and O–H groups in total. The van der Waals surface area contributed by atoms with Crippen LogP contribution in [0.1, 0.15) is 0 Å². The van der Waals surface area contributed by atoms with Crippen molar-refractivity contribution in [1.29, 1.82) is 0 Å². The molecule has 0 aromatic heterocycles. The van der Waals surface area contributed by atoms with E-state index in [9.17, 15) is 9.18 Å². The Bertz CT molecular complexity index is 693. The second-order valence-corrected chi connectivity index (χ2v) is 5.46. The van der Waals surface area contributed by atoms with Crippen LogP contribution in [0.2, 0.25) is 0 Å². The average Bonchev–Trinajstić information content (AvgIpc) is 2.50. The first-order chi connectivity index (χ1) is 10.1. The molecule has 1 amide bonds. The average molecular weight is 351 g/mol. The number of anilines is 2. The molecule has 0 spiro atoms. The van der Waals surface area contributed by atoms with Crippen molar-refractivity contribution in [2.45, 2.75) is 6.10 Å². The van der Waals surface area contributed by atoms with E-state index in [1.165, 1.54) is 6.07 Å². The van der Waals surface area contributed by atoms with Crippen molar-refractivity contribution in [2.24, 2.45) is 0 Å². The Morgan fingerprint density at radius 2 is 2.14 bits per heavy atom. The maximum absolute atomic E-state index is 13.4. The van der Waals surface area contributed by atoms with Gasteiger partial charge in [-0.15, -0.1) is 0 Å². The number of amides is 1. The molecular weight excluding hydrogens is 339 g/mol. The van der Waals surface area contributed by atoms with E-state index in [2.05, 4.69) is 26.6 Å². The number of ether oxygens (including phenoxy) is 1. The standard InChI is InChI=1S/C15H12BrFN2O2/c16-10-6-5-9(7-11(10)17)19-15(20)14-8-18-12-3-1-2-4-13(12)21-14/h1-7,14,18H,8H2,(H,19,20). The first-order valence-corrected chi connectivity index (χ1v) is 7.18. The predicted molar refractivity (Wildman–Crippen MR) is 82.1 cm³/mol. The fraction of sp³-hybridized carbons (Fsp3) is 0.133. The van der Waals surface area contributed by atoms with Crippen molar-refractivity contribution in [3.63, 3.8) is 0 Å². The van der Waals surface area contributed by atoms with Crippen LogP contribution >= 0.6 is 15.9 Å². The second-order valence-electron chi connectivity index (χ2n) is 4.60. The van der Waals surface area contributed by atoms with Crippen LogP contribution in [0, 0.1) is 5.82 Å². The van der Waals surface area contributed by atoms with Gasteiger partial charge in [-0.3, -0.25) is 4.79 Å². The highest BCUT2D eigenvalue weighted by Crippen LogP contribution is 2.28. The van der Waals surface area contributed by atoms with Gasteiger partial charge < -0.3 is 15.4 Å². The Morgan fingerprint density at radius 1 is 1.33 bits per heavy atom. The summed E-state index contributed by atoms with van der Waals surface area (Å²) in [5, 5.41) is 5.78. The normalized spacial score (nSPS) is 16.4. The van der Waals surface area contributed by atoms with Gasteiger partial charge in [0.15, 0.2) is 6.10 Å². The van der Waals surface area contributed by atoms with Gasteiger partial charge in [-0.2, -0.15) is 0 Å². The first-order valence-electron chi connectivity index (χ1n) is 6.39. The maximum atomic E-state index is 13.4. The number of benzene rings is 2. The highest BCUT2D eigenvalue weighted by Gasteiger charge is 2.25. The Hall–Kier alpha value is -2.08. The van der Waals surface area contributed by atoms with Crippen LogP contribution in [0.4, 0.5) is 15.8 Å². The summed E-state index contributed by atoms with van der Waals surface area (Å²) in [6.45, 7) is 0.363. The molecule has 21 heavy (non-hydrogen) atoms. The molecular formula is C15H12BrFN2O2. The quantitative estimate of drug-likeness (QED) is 0.872. The molecule has 0 saturated heterocycles. The molecule has 6 heteroatoms. The molecule has 1 heterocycles. The third-order valence-electron chi connectivity index (χ3n) is 3.11. The van der Waals surface area contributed by atoms with Gasteiger partial charge in [0.05, 0.1) is 16.7 Å². The van der Waals surface area contributed by atoms with E-state index in [4.69, 9.17) is 4.74 Å². The summed E-state index contributed by atoms with van der Waals surface area (Å²) in [7, 11) is 0. The fourth-order valence-electron chi connectivity index (χ4n) is 2.06. The van der Waals surface area contributed by atoms with Crippen molar-refractivity contribution in [3.8, 4) is 5.75 Å². The molecule has 0 saturated carbocycles. The third kappa shape index (κ3) is 3.00. The molecule has 0 radical (unpaired) electrons. The van der Waals surface area contributed by atoms with E-state index in [0.29, 0.717) is 22.5 Å². The van der Waals surface area contributed by atoms with E-state index in [1.54, 1.807) is 18.2 Å². The number of carbonyl (C=O) groups excluding carboxylic acids is 1. The number of hydrogen-bond donors (Lipinski definition) is 2. The Balaban J connectivity index is 1.70. The number of halogens is 2. The van der Waals surface area contributed by atoms with Gasteiger partial charge in [-0.05, 0) is 46.3 Å². The van der Waals surface area contributed by atoms with Crippen molar-refractivity contribution in [2.75, 3.05) is 17.2 Å². The largest absolute Gasteiger partial charge is 0.477 e. The third-order valence-corrected chi connectivity index (χ3v) is 3.76. The molecule has 0 fully saturated rings. The SMILES string of the molecule is O=C(Nc1ccc(Br)c(F)c1)C1CNc2ccccc2O1. The number of hydrogen-bond acceptors (Lipinski definition) is 3. The highest BCUT2D eigenvalue weighted by molar-refractivity contribution is 9.10. The lowest BCUT2D eigenvalue weighted by Crippen LogP contribution is -2.41. The minimum atomic E-state index is -0.661. The molecule has 108 valence electrons. The Labute approximate surface area is 129 Å². The lowest BCUT2D eigenvalue weighted by atomic mass is 10.2. The number of carbonyl (C=O) groups is 1. The van der Waals surface area contributed by atoms with Crippen LogP contribution < -0.4 is 15.4 Å². The minimum absolute atomic E-state index is 0.321. The molecule has 2 aromatic carbocycles. The van der Waals surface area contributed by atoms with Gasteiger partial charge >= 0.3 is 0 Å². The molecule has 1 aliphatic rings. The number of fused-ring (bicyclic) bond motifs is 1. The summed E-state index contributed by atoms with van der Waals surface area (Å²) < 4.78 is 19.4. The number of rotatable bonds is 2. The highest BCUT2D eigenvalue weighted by atomic mass is 79.9. The summed E-state index contributed by atoms with van der Waals surface area (Å²) in [6, 6.07) is 11.8. The van der Waals surface area contributed by atoms with E-state index < -0.39 is 11.9 Å². The van der Waals surface area contributed by atoms with Gasteiger partial charge in [-0.25, -0.2) is 4.39 Å². The number of nitrogens with one attached hydrogen (secondary N) is 2. The maximum Gasteiger partial charge on any atom is 0.267 e. The van der Waals surface area contributed by atoms with Gasteiger partial charge in [0, 0.05) is 5.69 Å². The molecule has 3 rings (SSSR count). The minimum Gasteiger partial charge on any atom is -0.477 e. The van der Waals surface area contributed by atoms with Crippen LogP contribution in [0.5, 0.6) is 5.75 Å². The molecule has 1 unspecified atom stereocenters. The van der Waals surface area contributed by atoms with E-state index in [-0.39, 0.29) is 5.91 Å².